The fourth-order valence-electron chi connectivity index (χ4n) is 5.23. The first kappa shape index (κ1) is 24.4. The highest BCUT2D eigenvalue weighted by Gasteiger charge is 2.23. The highest BCUT2D eigenvalue weighted by atomic mass is 35.5. The molecule has 1 aliphatic rings. The highest BCUT2D eigenvalue weighted by molar-refractivity contribution is 6.31. The molecule has 0 spiro atoms. The molecular formula is C30H33ClN4O. The lowest BCUT2D eigenvalue weighted by Crippen LogP contribution is -2.34. The van der Waals surface area contributed by atoms with Crippen LogP contribution in [0.5, 0.6) is 0 Å². The third kappa shape index (κ3) is 5.75. The molecule has 36 heavy (non-hydrogen) atoms. The van der Waals surface area contributed by atoms with Gasteiger partial charge in [-0.2, -0.15) is 0 Å². The smallest absolute Gasteiger partial charge is 0.323 e. The van der Waals surface area contributed by atoms with Gasteiger partial charge in [0.2, 0.25) is 0 Å². The minimum absolute atomic E-state index is 0.226. The zero-order chi connectivity index (χ0) is 25.1. The number of hydrogen-bond acceptors (Lipinski definition) is 2. The molecule has 0 radical (unpaired) electrons. The van der Waals surface area contributed by atoms with Gasteiger partial charge >= 0.3 is 6.03 Å². The molecule has 0 saturated carbocycles. The van der Waals surface area contributed by atoms with E-state index < -0.39 is 0 Å². The molecule has 186 valence electrons. The third-order valence-corrected chi connectivity index (χ3v) is 7.52. The fourth-order valence-corrected chi connectivity index (χ4v) is 5.41. The largest absolute Gasteiger partial charge is 0.361 e. The quantitative estimate of drug-likeness (QED) is 0.256. The zero-order valence-corrected chi connectivity index (χ0v) is 21.7. The first-order valence-corrected chi connectivity index (χ1v) is 13.1. The molecule has 0 bridgehead atoms. The number of urea groups is 1. The number of fused-ring (bicyclic) bond motifs is 1. The number of hydrogen-bond donors (Lipinski definition) is 3. The average Bonchev–Trinajstić information content (AvgIpc) is 3.27. The van der Waals surface area contributed by atoms with E-state index in [4.69, 9.17) is 11.6 Å². The van der Waals surface area contributed by atoms with Gasteiger partial charge in [0.25, 0.3) is 0 Å². The van der Waals surface area contributed by atoms with Crippen LogP contribution in [0.4, 0.5) is 16.2 Å². The second kappa shape index (κ2) is 10.8. The number of aromatic nitrogens is 1. The van der Waals surface area contributed by atoms with Gasteiger partial charge in [-0.05, 0) is 117 Å². The number of piperidine rings is 1. The monoisotopic (exact) mass is 500 g/mol. The third-order valence-electron chi connectivity index (χ3n) is 7.28. The van der Waals surface area contributed by atoms with Gasteiger partial charge in [-0.25, -0.2) is 4.79 Å². The molecule has 2 amide bonds. The first-order chi connectivity index (χ1) is 17.4. The maximum absolute atomic E-state index is 12.5. The Morgan fingerprint density at radius 1 is 1.00 bits per heavy atom. The number of nitrogens with zero attached hydrogens (tertiary/aromatic N) is 1. The Bertz CT molecular complexity index is 1370. The van der Waals surface area contributed by atoms with Crippen molar-refractivity contribution in [3.63, 3.8) is 0 Å². The van der Waals surface area contributed by atoms with Crippen molar-refractivity contribution >= 4 is 39.9 Å². The number of H-pyrrole nitrogens is 1. The minimum Gasteiger partial charge on any atom is -0.361 e. The molecule has 4 aromatic rings. The van der Waals surface area contributed by atoms with Gasteiger partial charge in [-0.3, -0.25) is 0 Å². The summed E-state index contributed by atoms with van der Waals surface area (Å²) in [5.41, 5.74) is 7.80. The number of halogens is 1. The number of amides is 2. The van der Waals surface area contributed by atoms with Crippen LogP contribution in [0.1, 0.15) is 41.0 Å². The summed E-state index contributed by atoms with van der Waals surface area (Å²) >= 11 is 6.25. The minimum atomic E-state index is -0.226. The van der Waals surface area contributed by atoms with E-state index in [0.29, 0.717) is 5.92 Å². The van der Waals surface area contributed by atoms with Crippen LogP contribution < -0.4 is 10.6 Å². The van der Waals surface area contributed by atoms with Crippen molar-refractivity contribution in [3.8, 4) is 0 Å². The summed E-state index contributed by atoms with van der Waals surface area (Å²) in [6.07, 6.45) is 5.44. The zero-order valence-electron chi connectivity index (χ0n) is 20.9. The van der Waals surface area contributed by atoms with Gasteiger partial charge in [0.15, 0.2) is 0 Å². The predicted molar refractivity (Wildman–Crippen MR) is 150 cm³/mol. The topological polar surface area (TPSA) is 60.2 Å². The van der Waals surface area contributed by atoms with Gasteiger partial charge in [0.05, 0.1) is 0 Å². The van der Waals surface area contributed by atoms with Crippen molar-refractivity contribution in [2.75, 3.05) is 30.3 Å². The lowest BCUT2D eigenvalue weighted by Gasteiger charge is -2.32. The van der Waals surface area contributed by atoms with Gasteiger partial charge in [-0.15, -0.1) is 0 Å². The van der Waals surface area contributed by atoms with Crippen molar-refractivity contribution in [2.45, 2.75) is 39.0 Å². The van der Waals surface area contributed by atoms with E-state index in [1.54, 1.807) is 0 Å². The summed E-state index contributed by atoms with van der Waals surface area (Å²) < 4.78 is 0. The first-order valence-electron chi connectivity index (χ1n) is 12.7. The van der Waals surface area contributed by atoms with E-state index in [-0.39, 0.29) is 6.03 Å². The Morgan fingerprint density at radius 3 is 2.56 bits per heavy atom. The Hall–Kier alpha value is -3.28. The molecule has 5 nitrogen and oxygen atoms in total. The number of nitrogens with one attached hydrogen (secondary N) is 3. The Morgan fingerprint density at radius 2 is 1.78 bits per heavy atom. The summed E-state index contributed by atoms with van der Waals surface area (Å²) in [5, 5.41) is 7.94. The molecule has 3 N–H and O–H groups in total. The maximum Gasteiger partial charge on any atom is 0.323 e. The molecular weight excluding hydrogens is 468 g/mol. The van der Waals surface area contributed by atoms with Crippen LogP contribution in [0.3, 0.4) is 0 Å². The number of aromatic amines is 1. The van der Waals surface area contributed by atoms with Crippen LogP contribution in [-0.2, 0) is 6.42 Å². The summed E-state index contributed by atoms with van der Waals surface area (Å²) in [4.78, 5) is 18.4. The van der Waals surface area contributed by atoms with Crippen LogP contribution in [0.25, 0.3) is 10.9 Å². The standard InChI is InChI=1S/C30H33ClN4O/c1-20-4-3-5-25(16-20)33-30(36)34-26-8-6-21(2)23(17-26)12-15-35-13-10-22(11-14-35)28-19-32-29-9-7-24(31)18-27(28)29/h3-9,16-19,22,32H,10-15H2,1-2H3,(H2,33,34,36). The van der Waals surface area contributed by atoms with Gasteiger partial charge in [0.1, 0.15) is 0 Å². The molecule has 6 heteroatoms. The lowest BCUT2D eigenvalue weighted by molar-refractivity contribution is 0.215. The molecule has 1 aliphatic heterocycles. The molecule has 1 saturated heterocycles. The number of rotatable bonds is 6. The van der Waals surface area contributed by atoms with E-state index in [9.17, 15) is 4.79 Å². The van der Waals surface area contributed by atoms with Crippen LogP contribution >= 0.6 is 11.6 Å². The molecule has 3 aromatic carbocycles. The number of carbonyl (C=O) groups excluding carboxylic acids is 1. The summed E-state index contributed by atoms with van der Waals surface area (Å²) in [7, 11) is 0. The summed E-state index contributed by atoms with van der Waals surface area (Å²) in [5.74, 6) is 0.564. The second-order valence-corrected chi connectivity index (χ2v) is 10.3. The maximum atomic E-state index is 12.5. The molecule has 5 rings (SSSR count). The normalized spacial score (nSPS) is 14.8. The number of aryl methyl sites for hydroxylation is 2. The molecule has 1 fully saturated rings. The van der Waals surface area contributed by atoms with Crippen LogP contribution in [0.2, 0.25) is 5.02 Å². The number of likely N-dealkylation sites (tertiary alicyclic amines) is 1. The molecule has 0 aliphatic carbocycles. The Balaban J connectivity index is 1.15. The Labute approximate surface area is 217 Å². The number of anilines is 2. The molecule has 0 atom stereocenters. The SMILES string of the molecule is Cc1cccc(NC(=O)Nc2ccc(C)c(CCN3CCC(c4c[nH]c5ccc(Cl)cc45)CC3)c2)c1. The van der Waals surface area contributed by atoms with Crippen molar-refractivity contribution in [2.24, 2.45) is 0 Å². The molecule has 1 aromatic heterocycles. The Kier molecular flexibility index (Phi) is 7.30. The van der Waals surface area contributed by atoms with E-state index in [0.717, 1.165) is 66.4 Å². The number of benzene rings is 3. The van der Waals surface area contributed by atoms with Crippen molar-refractivity contribution in [3.05, 3.63) is 94.1 Å². The van der Waals surface area contributed by atoms with E-state index in [2.05, 4.69) is 57.9 Å². The van der Waals surface area contributed by atoms with E-state index in [1.807, 2.05) is 43.3 Å². The summed E-state index contributed by atoms with van der Waals surface area (Å²) in [6.45, 7) is 7.35. The van der Waals surface area contributed by atoms with Crippen molar-refractivity contribution in [1.82, 2.24) is 9.88 Å². The van der Waals surface area contributed by atoms with Crippen molar-refractivity contribution in [1.29, 1.82) is 0 Å². The van der Waals surface area contributed by atoms with Gasteiger partial charge in [0, 0.05) is 40.0 Å². The second-order valence-electron chi connectivity index (χ2n) is 9.89. The summed E-state index contributed by atoms with van der Waals surface area (Å²) in [6, 6.07) is 19.8. The predicted octanol–water partition coefficient (Wildman–Crippen LogP) is 7.50. The molecule has 0 unspecified atom stereocenters. The average molecular weight is 501 g/mol. The molecule has 2 heterocycles. The van der Waals surface area contributed by atoms with Gasteiger partial charge < -0.3 is 20.5 Å². The number of carbonyl (C=O) groups is 1. The van der Waals surface area contributed by atoms with Crippen LogP contribution in [0.15, 0.2) is 66.9 Å². The van der Waals surface area contributed by atoms with E-state index >= 15 is 0 Å². The van der Waals surface area contributed by atoms with E-state index in [1.165, 1.54) is 22.1 Å². The fraction of sp³-hybridized carbons (Fsp3) is 0.300. The van der Waals surface area contributed by atoms with Crippen LogP contribution in [-0.4, -0.2) is 35.5 Å². The van der Waals surface area contributed by atoms with Gasteiger partial charge in [-0.1, -0.05) is 29.8 Å². The van der Waals surface area contributed by atoms with Crippen LogP contribution in [0, 0.1) is 13.8 Å². The highest BCUT2D eigenvalue weighted by Crippen LogP contribution is 2.34. The van der Waals surface area contributed by atoms with Crippen molar-refractivity contribution < 1.29 is 4.79 Å². The lowest BCUT2D eigenvalue weighted by atomic mass is 9.89.